The third-order valence-corrected chi connectivity index (χ3v) is 4.55. The Labute approximate surface area is 104 Å². The van der Waals surface area contributed by atoms with Crippen LogP contribution in [0.5, 0.6) is 0 Å². The van der Waals surface area contributed by atoms with Crippen LogP contribution >= 0.6 is 23.1 Å². The van der Waals surface area contributed by atoms with Gasteiger partial charge in [0.2, 0.25) is 0 Å². The van der Waals surface area contributed by atoms with Gasteiger partial charge in [-0.2, -0.15) is 11.8 Å². The van der Waals surface area contributed by atoms with Gasteiger partial charge in [-0.1, -0.05) is 6.92 Å². The molecule has 1 saturated heterocycles. The molecule has 5 heteroatoms. The molecule has 88 valence electrons. The third-order valence-electron chi connectivity index (χ3n) is 2.38. The molecule has 0 saturated carbocycles. The van der Waals surface area contributed by atoms with E-state index in [9.17, 15) is 4.79 Å². The molecule has 0 unspecified atom stereocenters. The summed E-state index contributed by atoms with van der Waals surface area (Å²) in [6, 6.07) is 0. The van der Waals surface area contributed by atoms with Crippen LogP contribution in [0.15, 0.2) is 6.20 Å². The molecule has 1 aromatic heterocycles. The van der Waals surface area contributed by atoms with E-state index in [1.807, 2.05) is 11.8 Å². The number of rotatable bonds is 4. The van der Waals surface area contributed by atoms with Crippen LogP contribution in [-0.2, 0) is 11.2 Å². The lowest BCUT2D eigenvalue weighted by molar-refractivity contribution is 0.0362. The summed E-state index contributed by atoms with van der Waals surface area (Å²) in [6.45, 7) is 2.11. The van der Waals surface area contributed by atoms with Crippen LogP contribution in [0.3, 0.4) is 0 Å². The van der Waals surface area contributed by atoms with Gasteiger partial charge in [0.25, 0.3) is 0 Å². The summed E-state index contributed by atoms with van der Waals surface area (Å²) in [6.07, 6.45) is 4.73. The topological polar surface area (TPSA) is 39.2 Å². The molecule has 2 heterocycles. The van der Waals surface area contributed by atoms with Crippen LogP contribution in [0.1, 0.15) is 34.4 Å². The van der Waals surface area contributed by atoms with Gasteiger partial charge in [-0.3, -0.25) is 0 Å². The van der Waals surface area contributed by atoms with E-state index >= 15 is 0 Å². The predicted octanol–water partition coefficient (Wildman–Crippen LogP) is 2.76. The molecule has 0 N–H and O–H groups in total. The van der Waals surface area contributed by atoms with Crippen molar-refractivity contribution in [2.24, 2.45) is 0 Å². The highest BCUT2D eigenvalue weighted by Gasteiger charge is 2.21. The highest BCUT2D eigenvalue weighted by atomic mass is 32.2. The first-order chi connectivity index (χ1) is 7.79. The Hall–Kier alpha value is -0.550. The normalized spacial score (nSPS) is 19.9. The number of aromatic nitrogens is 1. The largest absolute Gasteiger partial charge is 0.457 e. The maximum Gasteiger partial charge on any atom is 0.350 e. The zero-order valence-corrected chi connectivity index (χ0v) is 10.9. The smallest absolute Gasteiger partial charge is 0.350 e. The lowest BCUT2D eigenvalue weighted by Crippen LogP contribution is -2.16. The molecule has 0 spiro atoms. The number of hydrogen-bond donors (Lipinski definition) is 0. The third kappa shape index (κ3) is 2.98. The van der Waals surface area contributed by atoms with Crippen molar-refractivity contribution in [2.45, 2.75) is 32.3 Å². The molecule has 0 bridgehead atoms. The Morgan fingerprint density at radius 1 is 1.69 bits per heavy atom. The van der Waals surface area contributed by atoms with Crippen LogP contribution in [0.2, 0.25) is 0 Å². The van der Waals surface area contributed by atoms with E-state index in [1.54, 1.807) is 6.20 Å². The van der Waals surface area contributed by atoms with Crippen LogP contribution < -0.4 is 0 Å². The number of ether oxygens (including phenoxy) is 1. The van der Waals surface area contributed by atoms with Gasteiger partial charge in [-0.25, -0.2) is 9.78 Å². The van der Waals surface area contributed by atoms with Crippen molar-refractivity contribution in [3.8, 4) is 0 Å². The number of aryl methyl sites for hydroxylation is 1. The average Bonchev–Trinajstić information content (AvgIpc) is 2.89. The van der Waals surface area contributed by atoms with Crippen molar-refractivity contribution in [1.82, 2.24) is 4.98 Å². The minimum absolute atomic E-state index is 0.106. The molecule has 0 amide bonds. The first kappa shape index (κ1) is 11.9. The van der Waals surface area contributed by atoms with Gasteiger partial charge in [0.1, 0.15) is 11.0 Å². The summed E-state index contributed by atoms with van der Waals surface area (Å²) in [5, 5.41) is 1.02. The number of esters is 1. The number of carbonyl (C=O) groups excluding carboxylic acids is 1. The van der Waals surface area contributed by atoms with E-state index in [0.717, 1.165) is 35.8 Å². The Balaban J connectivity index is 1.91. The summed E-state index contributed by atoms with van der Waals surface area (Å²) in [5.74, 6) is 1.83. The fourth-order valence-corrected chi connectivity index (χ4v) is 3.55. The van der Waals surface area contributed by atoms with Crippen molar-refractivity contribution < 1.29 is 9.53 Å². The first-order valence-electron chi connectivity index (χ1n) is 5.53. The number of thiazole rings is 1. The number of thioether (sulfide) groups is 1. The highest BCUT2D eigenvalue weighted by Crippen LogP contribution is 2.22. The van der Waals surface area contributed by atoms with E-state index in [-0.39, 0.29) is 12.1 Å². The molecule has 1 aliphatic rings. The van der Waals surface area contributed by atoms with E-state index in [0.29, 0.717) is 4.88 Å². The molecular formula is C11H15NO2S2. The zero-order valence-electron chi connectivity index (χ0n) is 9.27. The molecule has 16 heavy (non-hydrogen) atoms. The van der Waals surface area contributed by atoms with Crippen molar-refractivity contribution in [3.05, 3.63) is 16.1 Å². The average molecular weight is 257 g/mol. The molecule has 2 rings (SSSR count). The van der Waals surface area contributed by atoms with Crippen LogP contribution in [0.4, 0.5) is 0 Å². The van der Waals surface area contributed by atoms with E-state index < -0.39 is 0 Å². The summed E-state index contributed by atoms with van der Waals surface area (Å²) >= 11 is 3.30. The van der Waals surface area contributed by atoms with Crippen molar-refractivity contribution in [1.29, 1.82) is 0 Å². The molecule has 1 aromatic rings. The van der Waals surface area contributed by atoms with Gasteiger partial charge < -0.3 is 4.74 Å². The maximum atomic E-state index is 11.8. The molecule has 1 fully saturated rings. The van der Waals surface area contributed by atoms with Crippen LogP contribution in [-0.4, -0.2) is 28.6 Å². The summed E-state index contributed by atoms with van der Waals surface area (Å²) < 4.78 is 5.40. The van der Waals surface area contributed by atoms with Gasteiger partial charge in [0.05, 0.1) is 11.2 Å². The quantitative estimate of drug-likeness (QED) is 0.778. The van der Waals surface area contributed by atoms with E-state index in [4.69, 9.17) is 4.74 Å². The summed E-state index contributed by atoms with van der Waals surface area (Å²) in [7, 11) is 0. The molecule has 0 aromatic carbocycles. The van der Waals surface area contributed by atoms with Gasteiger partial charge in [0.15, 0.2) is 0 Å². The summed E-state index contributed by atoms with van der Waals surface area (Å²) in [5.41, 5.74) is 0. The van der Waals surface area contributed by atoms with Gasteiger partial charge in [-0.05, 0) is 25.0 Å². The number of carbonyl (C=O) groups is 1. The molecule has 0 aliphatic carbocycles. The minimum Gasteiger partial charge on any atom is -0.457 e. The second-order valence-electron chi connectivity index (χ2n) is 3.76. The van der Waals surface area contributed by atoms with E-state index in [1.165, 1.54) is 11.3 Å². The van der Waals surface area contributed by atoms with Crippen LogP contribution in [0.25, 0.3) is 0 Å². The van der Waals surface area contributed by atoms with Gasteiger partial charge >= 0.3 is 5.97 Å². The molecule has 0 radical (unpaired) electrons. The van der Waals surface area contributed by atoms with Gasteiger partial charge in [0, 0.05) is 5.75 Å². The Morgan fingerprint density at radius 3 is 3.25 bits per heavy atom. The number of hydrogen-bond acceptors (Lipinski definition) is 5. The molecule has 1 aliphatic heterocycles. The maximum absolute atomic E-state index is 11.8. The van der Waals surface area contributed by atoms with Crippen molar-refractivity contribution >= 4 is 29.1 Å². The van der Waals surface area contributed by atoms with Gasteiger partial charge in [-0.15, -0.1) is 11.3 Å². The van der Waals surface area contributed by atoms with E-state index in [2.05, 4.69) is 11.9 Å². The highest BCUT2D eigenvalue weighted by molar-refractivity contribution is 7.99. The molecule has 3 nitrogen and oxygen atoms in total. The lowest BCUT2D eigenvalue weighted by atomic mass is 10.3. The Bertz CT molecular complexity index is 359. The minimum atomic E-state index is -0.202. The predicted molar refractivity (Wildman–Crippen MR) is 67.3 cm³/mol. The SMILES string of the molecule is CCCc1ncc(C(=O)O[C@H]2CCSC2)s1. The molecule has 1 atom stereocenters. The number of nitrogens with zero attached hydrogens (tertiary/aromatic N) is 1. The fraction of sp³-hybridized carbons (Fsp3) is 0.636. The molecular weight excluding hydrogens is 242 g/mol. The summed E-state index contributed by atoms with van der Waals surface area (Å²) in [4.78, 5) is 16.6. The first-order valence-corrected chi connectivity index (χ1v) is 7.50. The fourth-order valence-electron chi connectivity index (χ4n) is 1.55. The zero-order chi connectivity index (χ0) is 11.4. The van der Waals surface area contributed by atoms with Crippen molar-refractivity contribution in [3.63, 3.8) is 0 Å². The second kappa shape index (κ2) is 5.68. The second-order valence-corrected chi connectivity index (χ2v) is 6.02. The van der Waals surface area contributed by atoms with Crippen molar-refractivity contribution in [2.75, 3.05) is 11.5 Å². The van der Waals surface area contributed by atoms with Crippen LogP contribution in [0, 0.1) is 0 Å². The monoisotopic (exact) mass is 257 g/mol. The standard InChI is InChI=1S/C11H15NO2S2/c1-2-3-10-12-6-9(16-10)11(13)14-8-4-5-15-7-8/h6,8H,2-5,7H2,1H3/t8-/m0/s1. The Kier molecular flexibility index (Phi) is 4.23. The lowest BCUT2D eigenvalue weighted by Gasteiger charge is -2.08. The Morgan fingerprint density at radius 2 is 2.56 bits per heavy atom.